The van der Waals surface area contributed by atoms with Crippen LogP contribution in [0.2, 0.25) is 0 Å². The molecule has 5 nitrogen and oxygen atoms in total. The van der Waals surface area contributed by atoms with Gasteiger partial charge in [-0.15, -0.1) is 0 Å². The molecule has 102 valence electrons. The Balaban J connectivity index is 2.12. The highest BCUT2D eigenvalue weighted by molar-refractivity contribution is 5.81. The molecular weight excluding hydrogens is 232 g/mol. The highest BCUT2D eigenvalue weighted by Crippen LogP contribution is 2.23. The number of hydrogen-bond acceptors (Lipinski definition) is 4. The van der Waals surface area contributed by atoms with Gasteiger partial charge in [-0.05, 0) is 26.7 Å². The predicted molar refractivity (Wildman–Crippen MR) is 67.3 cm³/mol. The Bertz CT molecular complexity index is 349. The second-order valence-corrected chi connectivity index (χ2v) is 6.26. The zero-order chi connectivity index (χ0) is 13.3. The molecule has 2 heterocycles. The number of fused-ring (bicyclic) bond motifs is 3. The van der Waals surface area contributed by atoms with Crippen LogP contribution in [-0.2, 0) is 9.53 Å². The number of nitrogens with zero attached hydrogens (tertiary/aromatic N) is 1. The summed E-state index contributed by atoms with van der Waals surface area (Å²) < 4.78 is 5.42. The molecule has 5 heteroatoms. The van der Waals surface area contributed by atoms with Crippen LogP contribution in [0.25, 0.3) is 0 Å². The molecule has 2 atom stereocenters. The van der Waals surface area contributed by atoms with Crippen molar-refractivity contribution in [1.29, 1.82) is 0 Å². The van der Waals surface area contributed by atoms with Crippen LogP contribution in [0.4, 0.5) is 4.79 Å². The highest BCUT2D eigenvalue weighted by Gasteiger charge is 2.37. The van der Waals surface area contributed by atoms with Gasteiger partial charge in [0.1, 0.15) is 11.4 Å². The molecule has 18 heavy (non-hydrogen) atoms. The smallest absolute Gasteiger partial charge is 0.410 e. The molecular formula is C13H22N2O3. The Hall–Kier alpha value is -1.10. The number of hydrogen-bond donors (Lipinski definition) is 1. The van der Waals surface area contributed by atoms with E-state index in [1.807, 2.05) is 20.8 Å². The number of amides is 1. The van der Waals surface area contributed by atoms with Gasteiger partial charge in [-0.25, -0.2) is 4.79 Å². The minimum absolute atomic E-state index is 0.0557. The van der Waals surface area contributed by atoms with Gasteiger partial charge in [0.25, 0.3) is 0 Å². The van der Waals surface area contributed by atoms with Gasteiger partial charge in [-0.1, -0.05) is 0 Å². The second kappa shape index (κ2) is 4.88. The number of carbonyl (C=O) groups excluding carboxylic acids is 2. The van der Waals surface area contributed by atoms with Gasteiger partial charge in [0.2, 0.25) is 0 Å². The lowest BCUT2D eigenvalue weighted by molar-refractivity contribution is -0.120. The number of nitrogens with one attached hydrogen (secondary N) is 1. The summed E-state index contributed by atoms with van der Waals surface area (Å²) in [5.74, 6) is 0.482. The summed E-state index contributed by atoms with van der Waals surface area (Å²) in [6.07, 6.45) is 0.724. The summed E-state index contributed by atoms with van der Waals surface area (Å²) in [5.41, 5.74) is -0.491. The van der Waals surface area contributed by atoms with Gasteiger partial charge >= 0.3 is 6.09 Å². The van der Waals surface area contributed by atoms with Crippen LogP contribution in [0.15, 0.2) is 0 Å². The molecule has 0 aromatic rings. The molecule has 2 unspecified atom stereocenters. The molecule has 0 aromatic heterocycles. The maximum absolute atomic E-state index is 12.2. The third-order valence-corrected chi connectivity index (χ3v) is 3.32. The minimum atomic E-state index is -0.491. The Morgan fingerprint density at radius 2 is 2.06 bits per heavy atom. The number of ether oxygens (including phenoxy) is 1. The molecule has 1 amide bonds. The first-order valence-electron chi connectivity index (χ1n) is 6.57. The van der Waals surface area contributed by atoms with E-state index >= 15 is 0 Å². The first kappa shape index (κ1) is 13.3. The molecule has 0 saturated carbocycles. The van der Waals surface area contributed by atoms with Crippen molar-refractivity contribution in [2.75, 3.05) is 19.6 Å². The van der Waals surface area contributed by atoms with Crippen molar-refractivity contribution in [1.82, 2.24) is 10.2 Å². The van der Waals surface area contributed by atoms with E-state index in [0.717, 1.165) is 6.54 Å². The van der Waals surface area contributed by atoms with E-state index in [2.05, 4.69) is 5.32 Å². The molecule has 2 aliphatic heterocycles. The lowest BCUT2D eigenvalue weighted by Gasteiger charge is -2.31. The van der Waals surface area contributed by atoms with Gasteiger partial charge in [-0.3, -0.25) is 4.79 Å². The molecule has 2 bridgehead atoms. The average molecular weight is 254 g/mol. The van der Waals surface area contributed by atoms with Gasteiger partial charge < -0.3 is 15.0 Å². The van der Waals surface area contributed by atoms with Crippen molar-refractivity contribution < 1.29 is 14.3 Å². The van der Waals surface area contributed by atoms with E-state index < -0.39 is 5.60 Å². The molecule has 2 aliphatic rings. The Morgan fingerprint density at radius 1 is 1.33 bits per heavy atom. The summed E-state index contributed by atoms with van der Waals surface area (Å²) in [5, 5.41) is 3.32. The SMILES string of the molecule is CC(C)(C)OC(=O)N1CC2CNCC1CC(=O)C2. The summed E-state index contributed by atoms with van der Waals surface area (Å²) in [7, 11) is 0. The number of rotatable bonds is 0. The monoisotopic (exact) mass is 254 g/mol. The van der Waals surface area contributed by atoms with Crippen molar-refractivity contribution in [3.05, 3.63) is 0 Å². The van der Waals surface area contributed by atoms with Crippen molar-refractivity contribution in [2.24, 2.45) is 5.92 Å². The summed E-state index contributed by atoms with van der Waals surface area (Å²) in [6, 6.07) is -0.0557. The van der Waals surface area contributed by atoms with Crippen LogP contribution < -0.4 is 5.32 Å². The van der Waals surface area contributed by atoms with E-state index in [-0.39, 0.29) is 23.8 Å². The molecule has 2 saturated heterocycles. The Morgan fingerprint density at radius 3 is 2.72 bits per heavy atom. The number of carbonyl (C=O) groups is 2. The fourth-order valence-electron chi connectivity index (χ4n) is 2.59. The molecule has 2 rings (SSSR count). The minimum Gasteiger partial charge on any atom is -0.444 e. The van der Waals surface area contributed by atoms with E-state index in [4.69, 9.17) is 4.74 Å². The predicted octanol–water partition coefficient (Wildman–Crippen LogP) is 1.17. The van der Waals surface area contributed by atoms with Gasteiger partial charge in [-0.2, -0.15) is 0 Å². The van der Waals surface area contributed by atoms with Crippen LogP contribution in [0, 0.1) is 5.92 Å². The van der Waals surface area contributed by atoms with Gasteiger partial charge in [0.15, 0.2) is 0 Å². The fraction of sp³-hybridized carbons (Fsp3) is 0.846. The summed E-state index contributed by atoms with van der Waals surface area (Å²) in [4.78, 5) is 25.7. The van der Waals surface area contributed by atoms with Gasteiger partial charge in [0, 0.05) is 32.5 Å². The van der Waals surface area contributed by atoms with E-state index in [0.29, 0.717) is 25.9 Å². The Kier molecular flexibility index (Phi) is 3.61. The lowest BCUT2D eigenvalue weighted by atomic mass is 10.00. The quantitative estimate of drug-likeness (QED) is 0.705. The van der Waals surface area contributed by atoms with E-state index in [1.165, 1.54) is 0 Å². The number of ketones is 1. The van der Waals surface area contributed by atoms with E-state index in [1.54, 1.807) is 4.90 Å². The van der Waals surface area contributed by atoms with Crippen LogP contribution in [0.5, 0.6) is 0 Å². The second-order valence-electron chi connectivity index (χ2n) is 6.26. The molecule has 1 N–H and O–H groups in total. The molecule has 0 radical (unpaired) electrons. The van der Waals surface area contributed by atoms with Crippen LogP contribution in [-0.4, -0.2) is 48.1 Å². The van der Waals surface area contributed by atoms with Gasteiger partial charge in [0.05, 0.1) is 6.04 Å². The first-order chi connectivity index (χ1) is 8.35. The lowest BCUT2D eigenvalue weighted by Crippen LogP contribution is -2.46. The third-order valence-electron chi connectivity index (χ3n) is 3.32. The third kappa shape index (κ3) is 3.22. The number of Topliss-reactive ketones (excluding diaryl/α,β-unsaturated/α-hetero) is 1. The maximum atomic E-state index is 12.2. The molecule has 0 aliphatic carbocycles. The molecule has 2 fully saturated rings. The first-order valence-corrected chi connectivity index (χ1v) is 6.57. The summed E-state index contributed by atoms with van der Waals surface area (Å²) in [6.45, 7) is 7.69. The standard InChI is InChI=1S/C13H22N2O3/c1-13(2,3)18-12(17)15-8-9-4-11(16)5-10(15)7-14-6-9/h9-10,14H,4-8H2,1-3H3. The van der Waals surface area contributed by atoms with Crippen LogP contribution >= 0.6 is 0 Å². The average Bonchev–Trinajstić information content (AvgIpc) is 2.44. The molecule has 0 spiro atoms. The van der Waals surface area contributed by atoms with Crippen molar-refractivity contribution in [2.45, 2.75) is 45.3 Å². The fourth-order valence-corrected chi connectivity index (χ4v) is 2.59. The van der Waals surface area contributed by atoms with Crippen LogP contribution in [0.3, 0.4) is 0 Å². The normalized spacial score (nSPS) is 28.8. The van der Waals surface area contributed by atoms with Crippen molar-refractivity contribution in [3.8, 4) is 0 Å². The zero-order valence-corrected chi connectivity index (χ0v) is 11.4. The zero-order valence-electron chi connectivity index (χ0n) is 11.4. The summed E-state index contributed by atoms with van der Waals surface area (Å²) >= 11 is 0. The largest absolute Gasteiger partial charge is 0.444 e. The van der Waals surface area contributed by atoms with Crippen molar-refractivity contribution >= 4 is 11.9 Å². The topological polar surface area (TPSA) is 58.6 Å². The highest BCUT2D eigenvalue weighted by atomic mass is 16.6. The Labute approximate surface area is 108 Å². The van der Waals surface area contributed by atoms with E-state index in [9.17, 15) is 9.59 Å². The molecule has 0 aromatic carbocycles. The van der Waals surface area contributed by atoms with Crippen molar-refractivity contribution in [3.63, 3.8) is 0 Å². The maximum Gasteiger partial charge on any atom is 0.410 e. The van der Waals surface area contributed by atoms with Crippen LogP contribution in [0.1, 0.15) is 33.6 Å².